The van der Waals surface area contributed by atoms with Crippen LogP contribution in [-0.4, -0.2) is 17.5 Å². The third-order valence-corrected chi connectivity index (χ3v) is 9.01. The molecule has 0 spiro atoms. The molecule has 24 heavy (non-hydrogen) atoms. The van der Waals surface area contributed by atoms with Crippen LogP contribution in [0, 0.1) is 40.4 Å². The van der Waals surface area contributed by atoms with E-state index in [4.69, 9.17) is 0 Å². The fourth-order valence-electron chi connectivity index (χ4n) is 7.66. The summed E-state index contributed by atoms with van der Waals surface area (Å²) >= 11 is 0. The van der Waals surface area contributed by atoms with Gasteiger partial charge in [0.25, 0.3) is 0 Å². The quantitative estimate of drug-likeness (QED) is 0.792. The predicted octanol–water partition coefficient (Wildman–Crippen LogP) is 4.76. The zero-order valence-electron chi connectivity index (χ0n) is 15.7. The minimum Gasteiger partial charge on any atom is -0.396 e. The second-order valence-corrected chi connectivity index (χ2v) is 9.86. The molecule has 134 valence electrons. The lowest BCUT2D eigenvalue weighted by atomic mass is 9.46. The van der Waals surface area contributed by atoms with Crippen molar-refractivity contribution < 1.29 is 9.90 Å². The van der Waals surface area contributed by atoms with Gasteiger partial charge in [0, 0.05) is 13.0 Å². The van der Waals surface area contributed by atoms with Crippen molar-refractivity contribution in [3.05, 3.63) is 11.6 Å². The number of rotatable bonds is 2. The number of allylic oxidation sites excluding steroid dienone is 1. The van der Waals surface area contributed by atoms with Gasteiger partial charge in [-0.05, 0) is 91.4 Å². The molecule has 2 nitrogen and oxygen atoms in total. The highest BCUT2D eigenvalue weighted by atomic mass is 16.3. The molecular weight excluding hydrogens is 296 g/mol. The van der Waals surface area contributed by atoms with E-state index in [9.17, 15) is 9.90 Å². The third-order valence-electron chi connectivity index (χ3n) is 9.01. The lowest BCUT2D eigenvalue weighted by Gasteiger charge is -2.58. The smallest absolute Gasteiger partial charge is 0.155 e. The molecule has 0 aromatic rings. The van der Waals surface area contributed by atoms with Gasteiger partial charge in [0.15, 0.2) is 5.78 Å². The molecule has 0 heterocycles. The number of carbonyl (C=O) groups is 1. The topological polar surface area (TPSA) is 37.3 Å². The maximum absolute atomic E-state index is 11.9. The molecule has 0 amide bonds. The Hall–Kier alpha value is -0.630. The van der Waals surface area contributed by atoms with E-state index in [0.717, 1.165) is 37.0 Å². The van der Waals surface area contributed by atoms with Gasteiger partial charge in [-0.3, -0.25) is 4.79 Å². The van der Waals surface area contributed by atoms with Crippen molar-refractivity contribution in [1.82, 2.24) is 0 Å². The largest absolute Gasteiger partial charge is 0.396 e. The highest BCUT2D eigenvalue weighted by Gasteiger charge is 2.59. The van der Waals surface area contributed by atoms with E-state index in [-0.39, 0.29) is 0 Å². The van der Waals surface area contributed by atoms with E-state index >= 15 is 0 Å². The Bertz CT molecular complexity index is 564. The van der Waals surface area contributed by atoms with Crippen LogP contribution in [0.3, 0.4) is 0 Å². The van der Waals surface area contributed by atoms with E-state index in [1.165, 1.54) is 37.7 Å². The van der Waals surface area contributed by atoms with E-state index in [1.807, 2.05) is 6.08 Å². The van der Waals surface area contributed by atoms with Crippen LogP contribution in [0.2, 0.25) is 0 Å². The first-order valence-electron chi connectivity index (χ1n) is 10.2. The summed E-state index contributed by atoms with van der Waals surface area (Å²) in [7, 11) is 0. The first kappa shape index (κ1) is 16.8. The van der Waals surface area contributed by atoms with E-state index in [2.05, 4.69) is 20.8 Å². The normalized spacial score (nSPS) is 49.0. The number of aliphatic hydroxyl groups is 1. The molecule has 1 N–H and O–H groups in total. The number of hydrogen-bond acceptors (Lipinski definition) is 2. The number of fused-ring (bicyclic) bond motifs is 5. The lowest BCUT2D eigenvalue weighted by molar-refractivity contribution is -0.117. The first-order valence-corrected chi connectivity index (χ1v) is 10.2. The number of aliphatic hydroxyl groups excluding tert-OH is 1. The fraction of sp³-hybridized carbons (Fsp3) is 0.864. The van der Waals surface area contributed by atoms with Crippen LogP contribution >= 0.6 is 0 Å². The van der Waals surface area contributed by atoms with Gasteiger partial charge in [0.2, 0.25) is 0 Å². The summed E-state index contributed by atoms with van der Waals surface area (Å²) in [6.07, 6.45) is 11.6. The van der Waals surface area contributed by atoms with E-state index < -0.39 is 0 Å². The summed E-state index contributed by atoms with van der Waals surface area (Å²) < 4.78 is 0. The van der Waals surface area contributed by atoms with Gasteiger partial charge in [-0.25, -0.2) is 0 Å². The predicted molar refractivity (Wildman–Crippen MR) is 96.4 cm³/mol. The Balaban J connectivity index is 1.63. The maximum Gasteiger partial charge on any atom is 0.155 e. The average Bonchev–Trinajstić information content (AvgIpc) is 2.92. The fourth-order valence-corrected chi connectivity index (χ4v) is 7.66. The molecule has 3 fully saturated rings. The van der Waals surface area contributed by atoms with Crippen molar-refractivity contribution in [2.75, 3.05) is 6.61 Å². The third kappa shape index (κ3) is 2.21. The Labute approximate surface area is 147 Å². The first-order chi connectivity index (χ1) is 11.4. The molecule has 3 saturated carbocycles. The van der Waals surface area contributed by atoms with Crippen LogP contribution < -0.4 is 0 Å². The van der Waals surface area contributed by atoms with E-state index in [0.29, 0.717) is 35.1 Å². The van der Waals surface area contributed by atoms with Crippen molar-refractivity contribution in [2.24, 2.45) is 40.4 Å². The van der Waals surface area contributed by atoms with Crippen molar-refractivity contribution in [3.63, 3.8) is 0 Å². The van der Waals surface area contributed by atoms with Crippen LogP contribution in [0.15, 0.2) is 11.6 Å². The summed E-state index contributed by atoms with van der Waals surface area (Å²) in [5, 5.41) is 9.71. The van der Waals surface area contributed by atoms with Crippen LogP contribution in [0.1, 0.15) is 72.1 Å². The molecule has 4 unspecified atom stereocenters. The molecule has 0 aromatic heterocycles. The molecule has 4 aliphatic rings. The number of carbonyl (C=O) groups excluding carboxylic acids is 1. The Morgan fingerprint density at radius 3 is 2.67 bits per heavy atom. The average molecular weight is 331 g/mol. The Morgan fingerprint density at radius 2 is 1.92 bits per heavy atom. The molecule has 4 aliphatic carbocycles. The second kappa shape index (κ2) is 5.69. The lowest BCUT2D eigenvalue weighted by Crippen LogP contribution is -2.51. The van der Waals surface area contributed by atoms with Crippen LogP contribution in [0.5, 0.6) is 0 Å². The number of hydrogen-bond donors (Lipinski definition) is 1. The Kier molecular flexibility index (Phi) is 3.99. The Morgan fingerprint density at radius 1 is 1.12 bits per heavy atom. The summed E-state index contributed by atoms with van der Waals surface area (Å²) in [5.74, 6) is 3.97. The molecule has 4 rings (SSSR count). The van der Waals surface area contributed by atoms with Crippen LogP contribution in [0.4, 0.5) is 0 Å². The van der Waals surface area contributed by atoms with Crippen molar-refractivity contribution in [2.45, 2.75) is 72.1 Å². The SMILES string of the molecule is CC(CO)[C@H]1CCC2C3CCC4=CC(=O)CC[C@]4(C)C3CC[C@@]21C. The van der Waals surface area contributed by atoms with Gasteiger partial charge >= 0.3 is 0 Å². The zero-order chi connectivity index (χ0) is 17.1. The van der Waals surface area contributed by atoms with Gasteiger partial charge in [-0.2, -0.15) is 0 Å². The molecule has 0 aromatic carbocycles. The van der Waals surface area contributed by atoms with Gasteiger partial charge in [-0.15, -0.1) is 0 Å². The van der Waals surface area contributed by atoms with Crippen molar-refractivity contribution in [1.29, 1.82) is 0 Å². The summed E-state index contributed by atoms with van der Waals surface area (Å²) in [5.41, 5.74) is 2.20. The van der Waals surface area contributed by atoms with Crippen LogP contribution in [0.25, 0.3) is 0 Å². The highest BCUT2D eigenvalue weighted by Crippen LogP contribution is 2.67. The van der Waals surface area contributed by atoms with Gasteiger partial charge in [-0.1, -0.05) is 26.3 Å². The maximum atomic E-state index is 11.9. The zero-order valence-corrected chi connectivity index (χ0v) is 15.7. The molecule has 0 saturated heterocycles. The monoisotopic (exact) mass is 330 g/mol. The molecule has 0 aliphatic heterocycles. The van der Waals surface area contributed by atoms with Gasteiger partial charge < -0.3 is 5.11 Å². The molecular formula is C22H34O2. The summed E-state index contributed by atoms with van der Waals surface area (Å²) in [6, 6.07) is 0. The van der Waals surface area contributed by atoms with Crippen molar-refractivity contribution >= 4 is 5.78 Å². The number of ketones is 1. The second-order valence-electron chi connectivity index (χ2n) is 9.86. The highest BCUT2D eigenvalue weighted by molar-refractivity contribution is 5.91. The minimum atomic E-state index is 0.291. The van der Waals surface area contributed by atoms with Crippen LogP contribution in [-0.2, 0) is 4.79 Å². The van der Waals surface area contributed by atoms with Crippen molar-refractivity contribution in [3.8, 4) is 0 Å². The summed E-state index contributed by atoms with van der Waals surface area (Å²) in [4.78, 5) is 11.9. The summed E-state index contributed by atoms with van der Waals surface area (Å²) in [6.45, 7) is 7.59. The van der Waals surface area contributed by atoms with Gasteiger partial charge in [0.1, 0.15) is 0 Å². The van der Waals surface area contributed by atoms with Gasteiger partial charge in [0.05, 0.1) is 0 Å². The molecule has 0 bridgehead atoms. The molecule has 0 radical (unpaired) electrons. The molecule has 2 heteroatoms. The minimum absolute atomic E-state index is 0.291. The molecule has 7 atom stereocenters. The van der Waals surface area contributed by atoms with E-state index in [1.54, 1.807) is 0 Å². The standard InChI is InChI=1S/C22H34O2/c1-14(13-23)18-6-7-19-17-5-4-15-12-16(24)8-10-21(15,2)20(17)9-11-22(18,19)3/h12,14,17-20,23H,4-11,13H2,1-3H3/t14?,17?,18-,19?,20?,21+,22-/m1/s1.